The molecule has 1 aromatic rings. The summed E-state index contributed by atoms with van der Waals surface area (Å²) >= 11 is 0. The van der Waals surface area contributed by atoms with Gasteiger partial charge in [0.1, 0.15) is 0 Å². The topological polar surface area (TPSA) is 40.5 Å². The maximum atomic E-state index is 12.7. The molecule has 27 heavy (non-hydrogen) atoms. The fourth-order valence-electron chi connectivity index (χ4n) is 3.51. The number of rotatable bonds is 6. The lowest BCUT2D eigenvalue weighted by atomic mass is 9.85. The van der Waals surface area contributed by atoms with E-state index in [0.717, 1.165) is 12.1 Å². The average molecular weight is 397 g/mol. The van der Waals surface area contributed by atoms with Crippen molar-refractivity contribution in [1.29, 1.82) is 0 Å². The molecule has 152 valence electrons. The Hall–Kier alpha value is -1.77. The van der Waals surface area contributed by atoms with Crippen LogP contribution in [0.15, 0.2) is 24.3 Å². The number of alkyl halides is 6. The zero-order chi connectivity index (χ0) is 20.2. The molecule has 1 unspecified atom stereocenters. The second-order valence-electron chi connectivity index (χ2n) is 6.88. The van der Waals surface area contributed by atoms with Crippen LogP contribution in [0.25, 0.3) is 0 Å². The third-order valence-corrected chi connectivity index (χ3v) is 4.81. The van der Waals surface area contributed by atoms with Gasteiger partial charge in [-0.1, -0.05) is 12.1 Å². The number of nitrogens with zero attached hydrogens (tertiary/aromatic N) is 1. The molecular weight excluding hydrogens is 376 g/mol. The Labute approximate surface area is 153 Å². The highest BCUT2D eigenvalue weighted by molar-refractivity contribution is 5.67. The first-order valence-electron chi connectivity index (χ1n) is 8.65. The predicted molar refractivity (Wildman–Crippen MR) is 86.0 cm³/mol. The zero-order valence-corrected chi connectivity index (χ0v) is 14.5. The fraction of sp³-hybridized carbons (Fsp3) is 0.611. The minimum atomic E-state index is -4.47. The van der Waals surface area contributed by atoms with Crippen molar-refractivity contribution < 1.29 is 36.2 Å². The summed E-state index contributed by atoms with van der Waals surface area (Å²) in [6, 6.07) is 4.16. The number of likely N-dealkylation sites (tertiary alicyclic amines) is 1. The van der Waals surface area contributed by atoms with Crippen LogP contribution in [0.4, 0.5) is 26.3 Å². The van der Waals surface area contributed by atoms with Crippen LogP contribution in [0.2, 0.25) is 0 Å². The second-order valence-corrected chi connectivity index (χ2v) is 6.88. The van der Waals surface area contributed by atoms with Crippen LogP contribution < -0.4 is 0 Å². The number of carboxylic acids is 1. The van der Waals surface area contributed by atoms with Gasteiger partial charge < -0.3 is 5.11 Å². The van der Waals surface area contributed by atoms with Crippen LogP contribution in [0, 0.1) is 5.92 Å². The van der Waals surface area contributed by atoms with Gasteiger partial charge in [-0.25, -0.2) is 0 Å². The van der Waals surface area contributed by atoms with Gasteiger partial charge in [0.2, 0.25) is 0 Å². The zero-order valence-electron chi connectivity index (χ0n) is 14.5. The lowest BCUT2D eigenvalue weighted by Crippen LogP contribution is -2.38. The summed E-state index contributed by atoms with van der Waals surface area (Å²) in [5.41, 5.74) is -0.238. The molecule has 1 aliphatic rings. The summed E-state index contributed by atoms with van der Waals surface area (Å²) in [5, 5.41) is 8.98. The number of carboxylic acid groups (broad SMARTS) is 1. The van der Waals surface area contributed by atoms with Crippen molar-refractivity contribution in [2.75, 3.05) is 13.1 Å². The number of halogens is 6. The Morgan fingerprint density at radius 3 is 2.26 bits per heavy atom. The van der Waals surface area contributed by atoms with Gasteiger partial charge in [0.25, 0.3) is 0 Å². The van der Waals surface area contributed by atoms with Crippen LogP contribution in [0.1, 0.15) is 49.3 Å². The van der Waals surface area contributed by atoms with E-state index in [4.69, 9.17) is 5.11 Å². The Kier molecular flexibility index (Phi) is 6.77. The number of hydrogen-bond acceptors (Lipinski definition) is 2. The molecule has 0 radical (unpaired) electrons. The van der Waals surface area contributed by atoms with Crippen molar-refractivity contribution in [2.45, 2.75) is 50.5 Å². The second kappa shape index (κ2) is 8.50. The summed E-state index contributed by atoms with van der Waals surface area (Å²) < 4.78 is 75.4. The van der Waals surface area contributed by atoms with Crippen molar-refractivity contribution in [3.8, 4) is 0 Å². The van der Waals surface area contributed by atoms with E-state index < -0.39 is 36.3 Å². The van der Waals surface area contributed by atoms with Gasteiger partial charge in [-0.3, -0.25) is 9.69 Å². The molecule has 0 aromatic heterocycles. The van der Waals surface area contributed by atoms with Gasteiger partial charge >= 0.3 is 18.3 Å². The lowest BCUT2D eigenvalue weighted by molar-refractivity contribution is -0.140. The quantitative estimate of drug-likeness (QED) is 0.665. The summed E-state index contributed by atoms with van der Waals surface area (Å²) in [5.74, 6) is -1.12. The normalized spacial score (nSPS) is 22.0. The first-order valence-corrected chi connectivity index (χ1v) is 8.65. The van der Waals surface area contributed by atoms with E-state index in [1.165, 1.54) is 12.1 Å². The number of benzene rings is 1. The van der Waals surface area contributed by atoms with Crippen LogP contribution in [0.3, 0.4) is 0 Å². The van der Waals surface area contributed by atoms with Crippen molar-refractivity contribution in [1.82, 2.24) is 4.90 Å². The molecule has 0 amide bonds. The first kappa shape index (κ1) is 21.5. The smallest absolute Gasteiger partial charge is 0.416 e. The molecule has 1 fully saturated rings. The molecule has 0 saturated carbocycles. The molecule has 9 heteroatoms. The molecule has 1 aromatic carbocycles. The third kappa shape index (κ3) is 6.71. The Bertz CT molecular complexity index is 626. The van der Waals surface area contributed by atoms with Crippen LogP contribution in [0.5, 0.6) is 0 Å². The van der Waals surface area contributed by atoms with Gasteiger partial charge in [-0.05, 0) is 56.0 Å². The molecule has 2 rings (SSSR count). The molecule has 2 atom stereocenters. The Morgan fingerprint density at radius 2 is 1.74 bits per heavy atom. The number of piperidine rings is 1. The van der Waals surface area contributed by atoms with Crippen LogP contribution in [-0.4, -0.2) is 35.2 Å². The highest BCUT2D eigenvalue weighted by Crippen LogP contribution is 2.37. The molecule has 0 bridgehead atoms. The Balaban J connectivity index is 2.14. The van der Waals surface area contributed by atoms with Crippen LogP contribution >= 0.6 is 0 Å². The largest absolute Gasteiger partial charge is 0.481 e. The average Bonchev–Trinajstić information content (AvgIpc) is 2.53. The number of carbonyl (C=O) groups is 1. The highest BCUT2D eigenvalue weighted by Gasteiger charge is 2.34. The SMILES string of the molecule is O=C(O)C[C@@H]1CCN(CCCC(F)(F)F)C(c2ccc(C(F)(F)F)cc2)C1. The molecule has 1 heterocycles. The van der Waals surface area contributed by atoms with Crippen molar-refractivity contribution >= 4 is 5.97 Å². The van der Waals surface area contributed by atoms with Gasteiger partial charge in [0.15, 0.2) is 0 Å². The standard InChI is InChI=1S/C18H21F6NO2/c19-17(20,21)7-1-8-25-9-6-12(11-16(26)27)10-15(25)13-2-4-14(5-3-13)18(22,23)24/h2-5,12,15H,1,6-11H2,(H,26,27)/t12-,15?/m1/s1. The molecule has 1 saturated heterocycles. The van der Waals surface area contributed by atoms with Gasteiger partial charge in [-0.15, -0.1) is 0 Å². The van der Waals surface area contributed by atoms with Crippen molar-refractivity contribution in [2.24, 2.45) is 5.92 Å². The summed E-state index contributed by atoms with van der Waals surface area (Å²) in [6.07, 6.45) is -8.90. The molecule has 0 aliphatic carbocycles. The molecule has 3 nitrogen and oxygen atoms in total. The highest BCUT2D eigenvalue weighted by atomic mass is 19.4. The van der Waals surface area contributed by atoms with E-state index >= 15 is 0 Å². The minimum Gasteiger partial charge on any atom is -0.481 e. The minimum absolute atomic E-state index is 0.0620. The van der Waals surface area contributed by atoms with E-state index in [2.05, 4.69) is 0 Å². The van der Waals surface area contributed by atoms with Crippen molar-refractivity contribution in [3.05, 3.63) is 35.4 Å². The van der Waals surface area contributed by atoms with E-state index in [9.17, 15) is 31.1 Å². The van der Waals surface area contributed by atoms with Gasteiger partial charge in [0.05, 0.1) is 5.56 Å². The Morgan fingerprint density at radius 1 is 1.11 bits per heavy atom. The predicted octanol–water partition coefficient (Wildman–Crippen LogP) is 5.28. The molecule has 1 N–H and O–H groups in total. The van der Waals surface area contributed by atoms with Crippen LogP contribution in [-0.2, 0) is 11.0 Å². The lowest BCUT2D eigenvalue weighted by Gasteiger charge is -2.39. The maximum Gasteiger partial charge on any atom is 0.416 e. The summed E-state index contributed by atoms with van der Waals surface area (Å²) in [7, 11) is 0. The first-order chi connectivity index (χ1) is 12.5. The monoisotopic (exact) mass is 397 g/mol. The fourth-order valence-corrected chi connectivity index (χ4v) is 3.51. The summed E-state index contributed by atoms with van der Waals surface area (Å²) in [6.45, 7) is 0.576. The number of aliphatic carboxylic acids is 1. The third-order valence-electron chi connectivity index (χ3n) is 4.81. The molecule has 1 aliphatic heterocycles. The van der Waals surface area contributed by atoms with E-state index in [-0.39, 0.29) is 25.3 Å². The van der Waals surface area contributed by atoms with Gasteiger partial charge in [-0.2, -0.15) is 26.3 Å². The maximum absolute atomic E-state index is 12.7. The summed E-state index contributed by atoms with van der Waals surface area (Å²) in [4.78, 5) is 12.8. The van der Waals surface area contributed by atoms with E-state index in [1.54, 1.807) is 0 Å². The van der Waals surface area contributed by atoms with E-state index in [1.807, 2.05) is 4.90 Å². The molecule has 0 spiro atoms. The molecular formula is C18H21F6NO2. The van der Waals surface area contributed by atoms with E-state index in [0.29, 0.717) is 24.9 Å². The van der Waals surface area contributed by atoms with Gasteiger partial charge in [0, 0.05) is 18.9 Å². The van der Waals surface area contributed by atoms with Crippen molar-refractivity contribution in [3.63, 3.8) is 0 Å². The number of hydrogen-bond donors (Lipinski definition) is 1.